The molecule has 3 nitrogen and oxygen atoms in total. The first-order valence-corrected chi connectivity index (χ1v) is 9.81. The van der Waals surface area contributed by atoms with Gasteiger partial charge in [-0.25, -0.2) is 0 Å². The number of allylic oxidation sites excluding steroid dienone is 1. The minimum atomic E-state index is -1.62. The van der Waals surface area contributed by atoms with E-state index in [1.54, 1.807) is 12.2 Å². The quantitative estimate of drug-likeness (QED) is 0.320. The zero-order valence-corrected chi connectivity index (χ0v) is 14.1. The third-order valence-electron chi connectivity index (χ3n) is 3.47. The number of hydrogen-bond acceptors (Lipinski definition) is 2. The van der Waals surface area contributed by atoms with Crippen LogP contribution in [-0.4, -0.2) is 27.4 Å². The van der Waals surface area contributed by atoms with Crippen molar-refractivity contribution in [2.45, 2.75) is 51.7 Å². The molecular weight excluding hydrogens is 254 g/mol. The molecule has 0 aromatic heterocycles. The highest BCUT2D eigenvalue weighted by Crippen LogP contribution is 2.36. The zero-order valence-electron chi connectivity index (χ0n) is 13.1. The third kappa shape index (κ3) is 8.00. The van der Waals surface area contributed by atoms with Gasteiger partial charge in [0.05, 0.1) is 0 Å². The minimum absolute atomic E-state index is 0.0646. The second-order valence-corrected chi connectivity index (χ2v) is 11.0. The van der Waals surface area contributed by atoms with Gasteiger partial charge in [0.1, 0.15) is 0 Å². The lowest BCUT2D eigenvalue weighted by molar-refractivity contribution is -0.116. The van der Waals surface area contributed by atoms with Gasteiger partial charge in [0, 0.05) is 13.2 Å². The van der Waals surface area contributed by atoms with E-state index in [0.717, 1.165) is 19.4 Å². The van der Waals surface area contributed by atoms with Crippen molar-refractivity contribution in [2.24, 2.45) is 0 Å². The predicted octanol–water partition coefficient (Wildman–Crippen LogP) is 3.65. The third-order valence-corrected chi connectivity index (χ3v) is 8.01. The lowest BCUT2D eigenvalue weighted by Crippen LogP contribution is -2.40. The van der Waals surface area contributed by atoms with Gasteiger partial charge in [0.2, 0.25) is 5.91 Å². The smallest absolute Gasteiger partial charge is 0.243 e. The normalized spacial score (nSPS) is 12.7. The molecule has 0 atom stereocenters. The maximum absolute atomic E-state index is 11.3. The number of carbonyl (C=O) groups excluding carboxylic acids is 1. The first-order valence-electron chi connectivity index (χ1n) is 6.90. The molecule has 0 heterocycles. The Labute approximate surface area is 119 Å². The summed E-state index contributed by atoms with van der Waals surface area (Å²) in [7, 11) is -1.62. The van der Waals surface area contributed by atoms with Gasteiger partial charge in [-0.1, -0.05) is 32.9 Å². The van der Waals surface area contributed by atoms with Gasteiger partial charge >= 0.3 is 0 Å². The molecule has 0 spiro atoms. The molecule has 0 aromatic rings. The molecule has 4 heteroatoms. The van der Waals surface area contributed by atoms with E-state index in [2.05, 4.69) is 45.8 Å². The average Bonchev–Trinajstić information content (AvgIpc) is 2.29. The molecule has 0 aromatic carbocycles. The molecule has 0 rings (SSSR count). The number of nitrogens with one attached hydrogen (secondary N) is 1. The number of unbranched alkanes of at least 4 members (excludes halogenated alkanes) is 1. The molecule has 19 heavy (non-hydrogen) atoms. The van der Waals surface area contributed by atoms with Crippen molar-refractivity contribution in [3.05, 3.63) is 24.8 Å². The van der Waals surface area contributed by atoms with Crippen LogP contribution in [0.4, 0.5) is 0 Å². The van der Waals surface area contributed by atoms with Crippen molar-refractivity contribution in [1.82, 2.24) is 5.32 Å². The Hall–Kier alpha value is -0.873. The first kappa shape index (κ1) is 18.1. The summed E-state index contributed by atoms with van der Waals surface area (Å²) in [6.45, 7) is 16.1. The van der Waals surface area contributed by atoms with Gasteiger partial charge in [-0.2, -0.15) is 0 Å². The van der Waals surface area contributed by atoms with Crippen LogP contribution >= 0.6 is 0 Å². The number of hydrogen-bond donors (Lipinski definition) is 1. The Morgan fingerprint density at radius 2 is 2.00 bits per heavy atom. The first-order chi connectivity index (χ1) is 8.70. The predicted molar refractivity (Wildman–Crippen MR) is 84.7 cm³/mol. The molecule has 0 saturated carbocycles. The number of carbonyl (C=O) groups is 1. The molecule has 0 aliphatic heterocycles. The van der Waals surface area contributed by atoms with E-state index in [9.17, 15) is 4.79 Å². The summed E-state index contributed by atoms with van der Waals surface area (Å²) in [6.07, 6.45) is 6.97. The average molecular weight is 283 g/mol. The molecule has 110 valence electrons. The van der Waals surface area contributed by atoms with Crippen molar-refractivity contribution in [2.75, 3.05) is 13.2 Å². The Morgan fingerprint density at radius 1 is 1.37 bits per heavy atom. The van der Waals surface area contributed by atoms with Gasteiger partial charge in [0.25, 0.3) is 0 Å². The summed E-state index contributed by atoms with van der Waals surface area (Å²) in [4.78, 5) is 11.3. The van der Waals surface area contributed by atoms with E-state index < -0.39 is 8.32 Å². The summed E-state index contributed by atoms with van der Waals surface area (Å²) in [5, 5.41) is 2.96. The lowest BCUT2D eigenvalue weighted by atomic mass is 10.2. The Balaban J connectivity index is 3.79. The van der Waals surface area contributed by atoms with Crippen LogP contribution in [0.25, 0.3) is 0 Å². The van der Waals surface area contributed by atoms with Crippen molar-refractivity contribution < 1.29 is 9.22 Å². The second kappa shape index (κ2) is 8.33. The van der Waals surface area contributed by atoms with E-state index in [-0.39, 0.29) is 10.9 Å². The van der Waals surface area contributed by atoms with Crippen LogP contribution in [0.2, 0.25) is 18.1 Å². The second-order valence-electron chi connectivity index (χ2n) is 6.19. The van der Waals surface area contributed by atoms with E-state index in [0.29, 0.717) is 6.54 Å². The highest BCUT2D eigenvalue weighted by Gasteiger charge is 2.36. The van der Waals surface area contributed by atoms with Crippen molar-refractivity contribution in [1.29, 1.82) is 0 Å². The molecule has 0 unspecified atom stereocenters. The van der Waals surface area contributed by atoms with Crippen molar-refractivity contribution in [3.8, 4) is 0 Å². The van der Waals surface area contributed by atoms with Gasteiger partial charge in [0.15, 0.2) is 8.32 Å². The number of rotatable bonds is 8. The summed E-state index contributed by atoms with van der Waals surface area (Å²) in [5.41, 5.74) is 0. The fourth-order valence-electron chi connectivity index (χ4n) is 1.17. The van der Waals surface area contributed by atoms with Crippen LogP contribution < -0.4 is 5.32 Å². The Kier molecular flexibility index (Phi) is 7.95. The number of amides is 1. The monoisotopic (exact) mass is 283 g/mol. The maximum Gasteiger partial charge on any atom is 0.243 e. The SMILES string of the molecule is C=CCNC(=O)/C=C/CCCO[Si](C)(C)C(C)(C)C. The maximum atomic E-state index is 11.3. The summed E-state index contributed by atoms with van der Waals surface area (Å²) in [5.74, 6) is -0.0646. The molecule has 0 radical (unpaired) electrons. The largest absolute Gasteiger partial charge is 0.417 e. The molecule has 1 amide bonds. The van der Waals surface area contributed by atoms with Crippen LogP contribution in [-0.2, 0) is 9.22 Å². The summed E-state index contributed by atoms with van der Waals surface area (Å²) in [6, 6.07) is 0. The highest BCUT2D eigenvalue weighted by molar-refractivity contribution is 6.74. The fraction of sp³-hybridized carbons (Fsp3) is 0.667. The van der Waals surface area contributed by atoms with Crippen LogP contribution in [0, 0.1) is 0 Å². The van der Waals surface area contributed by atoms with Crippen LogP contribution in [0.15, 0.2) is 24.8 Å². The van der Waals surface area contributed by atoms with Gasteiger partial charge in [-0.15, -0.1) is 6.58 Å². The van der Waals surface area contributed by atoms with E-state index in [1.165, 1.54) is 0 Å². The highest BCUT2D eigenvalue weighted by atomic mass is 28.4. The minimum Gasteiger partial charge on any atom is -0.417 e. The Bertz CT molecular complexity index is 317. The van der Waals surface area contributed by atoms with E-state index in [4.69, 9.17) is 4.43 Å². The molecule has 0 fully saturated rings. The van der Waals surface area contributed by atoms with Crippen LogP contribution in [0.1, 0.15) is 33.6 Å². The molecule has 1 N–H and O–H groups in total. The van der Waals surface area contributed by atoms with Gasteiger partial charge in [-0.3, -0.25) is 4.79 Å². The van der Waals surface area contributed by atoms with Crippen LogP contribution in [0.3, 0.4) is 0 Å². The molecule has 0 aliphatic rings. The lowest BCUT2D eigenvalue weighted by Gasteiger charge is -2.36. The van der Waals surface area contributed by atoms with Crippen molar-refractivity contribution in [3.63, 3.8) is 0 Å². The van der Waals surface area contributed by atoms with E-state index in [1.807, 2.05) is 6.08 Å². The van der Waals surface area contributed by atoms with Crippen LogP contribution in [0.5, 0.6) is 0 Å². The molecular formula is C15H29NO2Si. The topological polar surface area (TPSA) is 38.3 Å². The van der Waals surface area contributed by atoms with Gasteiger partial charge < -0.3 is 9.74 Å². The summed E-state index contributed by atoms with van der Waals surface area (Å²) < 4.78 is 6.06. The fourth-order valence-corrected chi connectivity index (χ4v) is 2.25. The van der Waals surface area contributed by atoms with Crippen molar-refractivity contribution >= 4 is 14.2 Å². The van der Waals surface area contributed by atoms with E-state index >= 15 is 0 Å². The molecule has 0 aliphatic carbocycles. The molecule has 0 saturated heterocycles. The molecule has 0 bridgehead atoms. The van der Waals surface area contributed by atoms with Gasteiger partial charge in [-0.05, 0) is 37.0 Å². The summed E-state index contributed by atoms with van der Waals surface area (Å²) >= 11 is 0. The zero-order chi connectivity index (χ0) is 14.9. The standard InChI is InChI=1S/C15H29NO2Si/c1-7-12-16-14(17)11-9-8-10-13-18-19(5,6)15(2,3)4/h7,9,11H,1,8,10,12-13H2,2-6H3,(H,16,17)/b11-9+. The Morgan fingerprint density at radius 3 is 2.53 bits per heavy atom.